The molecular weight excluding hydrogens is 400 g/mol. The van der Waals surface area contributed by atoms with E-state index in [1.165, 1.54) is 0 Å². The standard InChI is InChI=1S/C21H26N6S2/c1-12(2)22-20(28)24-15-7-5-14(6-8-15)19-26-17-10-9-16(11-18(17)27-19)25-21(29)23-13(3)4/h5-13H,1-4H3,(H,26,27)(H2,22,24,28)(H2,23,25,29). The number of rotatable bonds is 5. The van der Waals surface area contributed by atoms with E-state index in [0.29, 0.717) is 16.3 Å². The lowest BCUT2D eigenvalue weighted by molar-refractivity contribution is 0.739. The second-order valence-electron chi connectivity index (χ2n) is 7.40. The van der Waals surface area contributed by atoms with Gasteiger partial charge in [0.2, 0.25) is 0 Å². The zero-order valence-corrected chi connectivity index (χ0v) is 18.6. The topological polar surface area (TPSA) is 76.8 Å². The first kappa shape index (κ1) is 21.0. The van der Waals surface area contributed by atoms with Crippen LogP contribution in [0, 0.1) is 0 Å². The average molecular weight is 427 g/mol. The molecule has 6 nitrogen and oxygen atoms in total. The zero-order valence-electron chi connectivity index (χ0n) is 17.0. The Bertz CT molecular complexity index is 1010. The molecule has 2 aromatic carbocycles. The predicted molar refractivity (Wildman–Crippen MR) is 131 cm³/mol. The van der Waals surface area contributed by atoms with Crippen LogP contribution in [0.5, 0.6) is 0 Å². The van der Waals surface area contributed by atoms with Gasteiger partial charge in [0.1, 0.15) is 5.82 Å². The summed E-state index contributed by atoms with van der Waals surface area (Å²) in [6, 6.07) is 14.5. The van der Waals surface area contributed by atoms with Gasteiger partial charge in [-0.2, -0.15) is 0 Å². The van der Waals surface area contributed by atoms with E-state index in [2.05, 4.69) is 26.3 Å². The third-order valence-electron chi connectivity index (χ3n) is 4.00. The first-order valence-electron chi connectivity index (χ1n) is 9.55. The SMILES string of the molecule is CC(C)NC(=S)Nc1ccc(-c2nc3ccc(NC(=S)NC(C)C)cc3[nH]2)cc1. The molecule has 5 N–H and O–H groups in total. The van der Waals surface area contributed by atoms with Crippen LogP contribution in [-0.4, -0.2) is 32.3 Å². The minimum absolute atomic E-state index is 0.283. The van der Waals surface area contributed by atoms with Gasteiger partial charge < -0.3 is 26.3 Å². The first-order valence-corrected chi connectivity index (χ1v) is 10.4. The third kappa shape index (κ3) is 5.88. The maximum Gasteiger partial charge on any atom is 0.170 e. The van der Waals surface area contributed by atoms with Gasteiger partial charge in [0, 0.05) is 29.0 Å². The van der Waals surface area contributed by atoms with Crippen LogP contribution in [0.15, 0.2) is 42.5 Å². The van der Waals surface area contributed by atoms with Crippen LogP contribution in [-0.2, 0) is 0 Å². The molecule has 0 bridgehead atoms. The van der Waals surface area contributed by atoms with E-state index in [1.807, 2.05) is 70.2 Å². The van der Waals surface area contributed by atoms with Crippen LogP contribution >= 0.6 is 24.4 Å². The van der Waals surface area contributed by atoms with E-state index >= 15 is 0 Å². The van der Waals surface area contributed by atoms with E-state index in [-0.39, 0.29) is 6.04 Å². The summed E-state index contributed by atoms with van der Waals surface area (Å²) in [5.41, 5.74) is 4.69. The number of hydrogen-bond donors (Lipinski definition) is 5. The average Bonchev–Trinajstić information content (AvgIpc) is 3.04. The van der Waals surface area contributed by atoms with Crippen molar-refractivity contribution in [1.29, 1.82) is 0 Å². The third-order valence-corrected chi connectivity index (χ3v) is 4.44. The summed E-state index contributed by atoms with van der Waals surface area (Å²) in [5, 5.41) is 13.9. The largest absolute Gasteiger partial charge is 0.360 e. The van der Waals surface area contributed by atoms with E-state index < -0.39 is 0 Å². The number of thiocarbonyl (C=S) groups is 2. The zero-order chi connectivity index (χ0) is 21.0. The van der Waals surface area contributed by atoms with Crippen molar-refractivity contribution in [3.63, 3.8) is 0 Å². The van der Waals surface area contributed by atoms with Crippen molar-refractivity contribution >= 4 is 57.1 Å². The Morgan fingerprint density at radius 2 is 1.38 bits per heavy atom. The second kappa shape index (κ2) is 9.19. The fourth-order valence-electron chi connectivity index (χ4n) is 2.79. The van der Waals surface area contributed by atoms with Crippen molar-refractivity contribution in [1.82, 2.24) is 20.6 Å². The van der Waals surface area contributed by atoms with Crippen LogP contribution < -0.4 is 21.3 Å². The van der Waals surface area contributed by atoms with Crippen molar-refractivity contribution in [2.75, 3.05) is 10.6 Å². The number of H-pyrrole nitrogens is 1. The molecule has 8 heteroatoms. The van der Waals surface area contributed by atoms with Gasteiger partial charge in [0.05, 0.1) is 11.0 Å². The van der Waals surface area contributed by atoms with Crippen LogP contribution in [0.2, 0.25) is 0 Å². The summed E-state index contributed by atoms with van der Waals surface area (Å²) in [4.78, 5) is 8.07. The molecular formula is C21H26N6S2. The Labute approximate surface area is 181 Å². The van der Waals surface area contributed by atoms with Crippen molar-refractivity contribution in [2.45, 2.75) is 39.8 Å². The Hall–Kier alpha value is -2.71. The van der Waals surface area contributed by atoms with Gasteiger partial charge in [-0.05, 0) is 94.6 Å². The lowest BCUT2D eigenvalue weighted by atomic mass is 10.2. The van der Waals surface area contributed by atoms with E-state index in [0.717, 1.165) is 33.8 Å². The molecule has 0 atom stereocenters. The molecule has 0 amide bonds. The summed E-state index contributed by atoms with van der Waals surface area (Å²) in [5.74, 6) is 0.814. The summed E-state index contributed by atoms with van der Waals surface area (Å²) in [6.07, 6.45) is 0. The maximum absolute atomic E-state index is 5.31. The van der Waals surface area contributed by atoms with Crippen molar-refractivity contribution in [3.05, 3.63) is 42.5 Å². The molecule has 3 rings (SSSR count). The van der Waals surface area contributed by atoms with Crippen molar-refractivity contribution in [3.8, 4) is 11.4 Å². The Balaban J connectivity index is 1.73. The van der Waals surface area contributed by atoms with E-state index in [1.54, 1.807) is 0 Å². The molecule has 0 aliphatic heterocycles. The molecule has 0 saturated heterocycles. The normalized spacial score (nSPS) is 11.0. The second-order valence-corrected chi connectivity index (χ2v) is 8.22. The highest BCUT2D eigenvalue weighted by Crippen LogP contribution is 2.24. The fourth-order valence-corrected chi connectivity index (χ4v) is 3.50. The van der Waals surface area contributed by atoms with Crippen LogP contribution in [0.25, 0.3) is 22.4 Å². The smallest absolute Gasteiger partial charge is 0.170 e. The Morgan fingerprint density at radius 1 is 0.828 bits per heavy atom. The highest BCUT2D eigenvalue weighted by atomic mass is 32.1. The summed E-state index contributed by atoms with van der Waals surface area (Å²) < 4.78 is 0. The lowest BCUT2D eigenvalue weighted by Crippen LogP contribution is -2.33. The highest BCUT2D eigenvalue weighted by molar-refractivity contribution is 7.80. The lowest BCUT2D eigenvalue weighted by Gasteiger charge is -2.13. The van der Waals surface area contributed by atoms with Crippen molar-refractivity contribution < 1.29 is 0 Å². The highest BCUT2D eigenvalue weighted by Gasteiger charge is 2.08. The summed E-state index contributed by atoms with van der Waals surface area (Å²) >= 11 is 10.6. The number of aromatic amines is 1. The molecule has 0 aliphatic rings. The van der Waals surface area contributed by atoms with Gasteiger partial charge in [0.25, 0.3) is 0 Å². The van der Waals surface area contributed by atoms with Crippen LogP contribution in [0.1, 0.15) is 27.7 Å². The molecule has 0 fully saturated rings. The molecule has 3 aromatic rings. The van der Waals surface area contributed by atoms with Crippen molar-refractivity contribution in [2.24, 2.45) is 0 Å². The quantitative estimate of drug-likeness (QED) is 0.381. The first-order chi connectivity index (χ1) is 13.8. The van der Waals surface area contributed by atoms with Gasteiger partial charge >= 0.3 is 0 Å². The predicted octanol–water partition coefficient (Wildman–Crippen LogP) is 4.62. The molecule has 0 unspecified atom stereocenters. The Morgan fingerprint density at radius 3 is 1.97 bits per heavy atom. The number of aromatic nitrogens is 2. The number of nitrogens with zero attached hydrogens (tertiary/aromatic N) is 1. The van der Waals surface area contributed by atoms with Gasteiger partial charge in [-0.1, -0.05) is 0 Å². The van der Waals surface area contributed by atoms with E-state index in [9.17, 15) is 0 Å². The monoisotopic (exact) mass is 426 g/mol. The molecule has 1 heterocycles. The summed E-state index contributed by atoms with van der Waals surface area (Å²) in [7, 11) is 0. The van der Waals surface area contributed by atoms with Crippen LogP contribution in [0.3, 0.4) is 0 Å². The number of anilines is 2. The number of hydrogen-bond acceptors (Lipinski definition) is 3. The maximum atomic E-state index is 5.31. The van der Waals surface area contributed by atoms with Gasteiger partial charge in [0.15, 0.2) is 10.2 Å². The molecule has 29 heavy (non-hydrogen) atoms. The molecule has 152 valence electrons. The molecule has 1 aromatic heterocycles. The van der Waals surface area contributed by atoms with Gasteiger partial charge in [-0.25, -0.2) is 4.98 Å². The van der Waals surface area contributed by atoms with E-state index in [4.69, 9.17) is 29.4 Å². The van der Waals surface area contributed by atoms with Gasteiger partial charge in [-0.15, -0.1) is 0 Å². The number of fused-ring (bicyclic) bond motifs is 1. The van der Waals surface area contributed by atoms with Crippen LogP contribution in [0.4, 0.5) is 11.4 Å². The fraction of sp³-hybridized carbons (Fsp3) is 0.286. The Kier molecular flexibility index (Phi) is 6.66. The number of benzene rings is 2. The minimum Gasteiger partial charge on any atom is -0.360 e. The molecule has 0 aliphatic carbocycles. The minimum atomic E-state index is 0.283. The molecule has 0 radical (unpaired) electrons. The number of nitrogens with one attached hydrogen (secondary N) is 5. The number of imidazole rings is 1. The van der Waals surface area contributed by atoms with Gasteiger partial charge in [-0.3, -0.25) is 0 Å². The summed E-state index contributed by atoms with van der Waals surface area (Å²) in [6.45, 7) is 8.20. The molecule has 0 saturated carbocycles. The molecule has 0 spiro atoms.